The summed E-state index contributed by atoms with van der Waals surface area (Å²) in [7, 11) is 0. The molecule has 0 unspecified atom stereocenters. The Balaban J connectivity index is 0.00000144. The quantitative estimate of drug-likeness (QED) is 0.897. The maximum atomic E-state index is 13.1. The van der Waals surface area contributed by atoms with Gasteiger partial charge < -0.3 is 5.73 Å². The number of nitrogens with two attached hydrogens (primary N) is 1. The lowest BCUT2D eigenvalue weighted by Crippen LogP contribution is -2.12. The topological polar surface area (TPSA) is 38.9 Å². The molecule has 13 heavy (non-hydrogen) atoms. The lowest BCUT2D eigenvalue weighted by Gasteiger charge is -2.08. The van der Waals surface area contributed by atoms with Crippen LogP contribution in [-0.4, -0.2) is 4.98 Å². The van der Waals surface area contributed by atoms with Gasteiger partial charge in [0.2, 0.25) is 0 Å². The van der Waals surface area contributed by atoms with Gasteiger partial charge in [0.25, 0.3) is 0 Å². The molecule has 74 valence electrons. The van der Waals surface area contributed by atoms with E-state index in [-0.39, 0.29) is 24.3 Å². The highest BCUT2D eigenvalue weighted by Gasteiger charge is 2.10. The zero-order valence-corrected chi connectivity index (χ0v) is 9.53. The van der Waals surface area contributed by atoms with Crippen molar-refractivity contribution in [1.82, 2.24) is 4.98 Å². The van der Waals surface area contributed by atoms with E-state index < -0.39 is 0 Å². The number of hydrogen-bond donors (Lipinski definition) is 1. The largest absolute Gasteiger partial charge is 0.323 e. The van der Waals surface area contributed by atoms with Gasteiger partial charge in [-0.3, -0.25) is 4.98 Å². The summed E-state index contributed by atoms with van der Waals surface area (Å²) >= 11 is 3.12. The molecule has 0 aliphatic carbocycles. The van der Waals surface area contributed by atoms with E-state index in [9.17, 15) is 4.39 Å². The third-order valence-corrected chi connectivity index (χ3v) is 2.06. The first-order valence-electron chi connectivity index (χ1n) is 3.71. The zero-order chi connectivity index (χ0) is 9.14. The molecule has 1 atom stereocenters. The van der Waals surface area contributed by atoms with Crippen LogP contribution in [0.25, 0.3) is 0 Å². The van der Waals surface area contributed by atoms with Gasteiger partial charge in [0.1, 0.15) is 5.82 Å². The van der Waals surface area contributed by atoms with Crippen LogP contribution in [0.5, 0.6) is 0 Å². The van der Waals surface area contributed by atoms with Gasteiger partial charge in [-0.1, -0.05) is 6.92 Å². The Bertz CT molecular complexity index is 283. The molecule has 0 fully saturated rings. The van der Waals surface area contributed by atoms with E-state index in [1.54, 1.807) is 6.20 Å². The van der Waals surface area contributed by atoms with Gasteiger partial charge in [-0.15, -0.1) is 12.4 Å². The molecule has 2 nitrogen and oxygen atoms in total. The van der Waals surface area contributed by atoms with Gasteiger partial charge in [0.15, 0.2) is 0 Å². The van der Waals surface area contributed by atoms with E-state index in [1.165, 1.54) is 6.07 Å². The van der Waals surface area contributed by atoms with Crippen LogP contribution in [0.1, 0.15) is 25.1 Å². The third-order valence-electron chi connectivity index (χ3n) is 1.63. The standard InChI is InChI=1S/C8H10BrFN2.ClH/c1-2-7(11)8-6(10)3-5(9)4-12-8;/h3-4,7H,2,11H2,1H3;1H/t7-;/m0./s1. The number of aromatic nitrogens is 1. The number of pyridine rings is 1. The Hall–Kier alpha value is -0.190. The first-order chi connectivity index (χ1) is 5.65. The SMILES string of the molecule is CC[C@H](N)c1ncc(Br)cc1F.Cl. The lowest BCUT2D eigenvalue weighted by atomic mass is 10.1. The average Bonchev–Trinajstić information content (AvgIpc) is 2.03. The summed E-state index contributed by atoms with van der Waals surface area (Å²) < 4.78 is 13.7. The molecule has 0 bridgehead atoms. The zero-order valence-electron chi connectivity index (χ0n) is 7.13. The van der Waals surface area contributed by atoms with Crippen molar-refractivity contribution in [2.45, 2.75) is 19.4 Å². The van der Waals surface area contributed by atoms with Crippen molar-refractivity contribution in [2.24, 2.45) is 5.73 Å². The molecule has 0 aliphatic rings. The third kappa shape index (κ3) is 3.21. The minimum absolute atomic E-state index is 0. The number of halogens is 3. The molecule has 1 aromatic rings. The molecular formula is C8H11BrClFN2. The summed E-state index contributed by atoms with van der Waals surface area (Å²) in [4.78, 5) is 3.90. The van der Waals surface area contributed by atoms with Crippen LogP contribution in [0.15, 0.2) is 16.7 Å². The van der Waals surface area contributed by atoms with E-state index in [1.807, 2.05) is 6.92 Å². The summed E-state index contributed by atoms with van der Waals surface area (Å²) in [5.41, 5.74) is 5.96. The second-order valence-corrected chi connectivity index (χ2v) is 3.45. The molecule has 0 spiro atoms. The summed E-state index contributed by atoms with van der Waals surface area (Å²) in [5, 5.41) is 0. The highest BCUT2D eigenvalue weighted by Crippen LogP contribution is 2.18. The normalized spacial score (nSPS) is 12.0. The van der Waals surface area contributed by atoms with Crippen molar-refractivity contribution >= 4 is 28.3 Å². The van der Waals surface area contributed by atoms with Gasteiger partial charge in [-0.2, -0.15) is 0 Å². The highest BCUT2D eigenvalue weighted by atomic mass is 79.9. The fourth-order valence-corrected chi connectivity index (χ4v) is 1.19. The van der Waals surface area contributed by atoms with Gasteiger partial charge in [-0.05, 0) is 28.4 Å². The molecule has 0 aromatic carbocycles. The molecular weight excluding hydrogens is 258 g/mol. The van der Waals surface area contributed by atoms with E-state index in [0.717, 1.165) is 0 Å². The van der Waals surface area contributed by atoms with E-state index in [4.69, 9.17) is 5.73 Å². The van der Waals surface area contributed by atoms with E-state index in [0.29, 0.717) is 16.6 Å². The Morgan fingerprint density at radius 2 is 2.31 bits per heavy atom. The fourth-order valence-electron chi connectivity index (χ4n) is 0.891. The van der Waals surface area contributed by atoms with Crippen LogP contribution in [-0.2, 0) is 0 Å². The Morgan fingerprint density at radius 1 is 1.69 bits per heavy atom. The first kappa shape index (κ1) is 12.8. The van der Waals surface area contributed by atoms with E-state index in [2.05, 4.69) is 20.9 Å². The van der Waals surface area contributed by atoms with Crippen LogP contribution in [0.4, 0.5) is 4.39 Å². The van der Waals surface area contributed by atoms with Crippen LogP contribution in [0.3, 0.4) is 0 Å². The lowest BCUT2D eigenvalue weighted by molar-refractivity contribution is 0.557. The smallest absolute Gasteiger partial charge is 0.147 e. The minimum atomic E-state index is -0.348. The second-order valence-electron chi connectivity index (χ2n) is 2.54. The van der Waals surface area contributed by atoms with Crippen molar-refractivity contribution < 1.29 is 4.39 Å². The van der Waals surface area contributed by atoms with Gasteiger partial charge in [0.05, 0.1) is 5.69 Å². The van der Waals surface area contributed by atoms with Crippen molar-refractivity contribution in [3.05, 3.63) is 28.2 Å². The maximum absolute atomic E-state index is 13.1. The molecule has 5 heteroatoms. The van der Waals surface area contributed by atoms with Crippen molar-refractivity contribution in [3.8, 4) is 0 Å². The molecule has 1 rings (SSSR count). The molecule has 0 saturated heterocycles. The Labute approximate surface area is 91.3 Å². The van der Waals surface area contributed by atoms with Crippen LogP contribution in [0, 0.1) is 5.82 Å². The van der Waals surface area contributed by atoms with Crippen molar-refractivity contribution in [3.63, 3.8) is 0 Å². The first-order valence-corrected chi connectivity index (χ1v) is 4.51. The predicted molar refractivity (Wildman–Crippen MR) is 56.4 cm³/mol. The van der Waals surface area contributed by atoms with Crippen LogP contribution >= 0.6 is 28.3 Å². The minimum Gasteiger partial charge on any atom is -0.323 e. The molecule has 0 radical (unpaired) electrons. The van der Waals surface area contributed by atoms with Gasteiger partial charge in [0, 0.05) is 16.7 Å². The summed E-state index contributed by atoms with van der Waals surface area (Å²) in [6.07, 6.45) is 2.24. The number of rotatable bonds is 2. The highest BCUT2D eigenvalue weighted by molar-refractivity contribution is 9.10. The molecule has 1 aromatic heterocycles. The monoisotopic (exact) mass is 268 g/mol. The van der Waals surface area contributed by atoms with Crippen molar-refractivity contribution in [1.29, 1.82) is 0 Å². The molecule has 0 aliphatic heterocycles. The number of nitrogens with zero attached hydrogens (tertiary/aromatic N) is 1. The summed E-state index contributed by atoms with van der Waals surface area (Å²) in [6, 6.07) is 1.07. The van der Waals surface area contributed by atoms with Gasteiger partial charge in [-0.25, -0.2) is 4.39 Å². The fraction of sp³-hybridized carbons (Fsp3) is 0.375. The summed E-state index contributed by atoms with van der Waals surface area (Å²) in [5.74, 6) is -0.348. The molecule has 0 saturated carbocycles. The number of hydrogen-bond acceptors (Lipinski definition) is 2. The van der Waals surface area contributed by atoms with Crippen LogP contribution < -0.4 is 5.73 Å². The molecule has 1 heterocycles. The average molecular weight is 270 g/mol. The Kier molecular flexibility index (Phi) is 5.44. The molecule has 2 N–H and O–H groups in total. The second kappa shape index (κ2) is 5.52. The maximum Gasteiger partial charge on any atom is 0.147 e. The van der Waals surface area contributed by atoms with Gasteiger partial charge >= 0.3 is 0 Å². The predicted octanol–water partition coefficient (Wildman–Crippen LogP) is 2.81. The Morgan fingerprint density at radius 3 is 2.77 bits per heavy atom. The molecule has 0 amide bonds. The van der Waals surface area contributed by atoms with E-state index >= 15 is 0 Å². The van der Waals surface area contributed by atoms with Crippen LogP contribution in [0.2, 0.25) is 0 Å². The van der Waals surface area contributed by atoms with Crippen molar-refractivity contribution in [2.75, 3.05) is 0 Å². The summed E-state index contributed by atoms with van der Waals surface area (Å²) in [6.45, 7) is 1.90.